The lowest BCUT2D eigenvalue weighted by atomic mass is 9.96. The van der Waals surface area contributed by atoms with Crippen molar-refractivity contribution in [2.24, 2.45) is 5.92 Å². The van der Waals surface area contributed by atoms with Crippen LogP contribution in [0.4, 0.5) is 0 Å². The van der Waals surface area contributed by atoms with Gasteiger partial charge in [-0.2, -0.15) is 11.3 Å². The Kier molecular flexibility index (Phi) is 2.13. The van der Waals surface area contributed by atoms with Crippen LogP contribution in [0.2, 0.25) is 0 Å². The number of thiophene rings is 1. The number of carbonyl (C=O) groups is 1. The average Bonchev–Trinajstić information content (AvgIpc) is 2.80. The summed E-state index contributed by atoms with van der Waals surface area (Å²) in [5, 5.41) is 13.8. The summed E-state index contributed by atoms with van der Waals surface area (Å²) >= 11 is 1.68. The van der Waals surface area contributed by atoms with Gasteiger partial charge in [-0.3, -0.25) is 4.79 Å². The lowest BCUT2D eigenvalue weighted by Crippen LogP contribution is -2.62. The molecular weight excluding hydrogens is 222 g/mol. The largest absolute Gasteiger partial charge is 0.386 e. The molecule has 1 aromatic rings. The quantitative estimate of drug-likeness (QED) is 0.845. The second-order valence-electron chi connectivity index (χ2n) is 5.20. The van der Waals surface area contributed by atoms with Crippen molar-refractivity contribution in [3.8, 4) is 0 Å². The summed E-state index contributed by atoms with van der Waals surface area (Å²) in [6.07, 6.45) is 0.980. The fourth-order valence-electron chi connectivity index (χ4n) is 2.49. The van der Waals surface area contributed by atoms with Crippen molar-refractivity contribution < 1.29 is 9.90 Å². The maximum absolute atomic E-state index is 12.0. The van der Waals surface area contributed by atoms with Gasteiger partial charge in [0.1, 0.15) is 0 Å². The first-order valence-corrected chi connectivity index (χ1v) is 6.54. The van der Waals surface area contributed by atoms with Gasteiger partial charge >= 0.3 is 0 Å². The second kappa shape index (κ2) is 3.31. The second-order valence-corrected chi connectivity index (χ2v) is 5.98. The van der Waals surface area contributed by atoms with E-state index in [4.69, 9.17) is 0 Å². The number of β-amino-alcohol motifs (C(OH)–C–C–N with tert-alkyl or cyclic N) is 1. The lowest BCUT2D eigenvalue weighted by Gasteiger charge is -2.44. The molecule has 0 spiro atoms. The molecule has 2 fully saturated rings. The molecule has 3 rings (SSSR count). The molecule has 1 saturated heterocycles. The molecule has 0 aromatic carbocycles. The molecule has 86 valence electrons. The standard InChI is InChI=1S/C12H15NO2S/c1-12(15)6-13(7-12)11(14)10-4-9(10)8-2-3-16-5-8/h2-3,5,9-10,15H,4,6-7H2,1H3/t9-,10+/m0/s1. The number of rotatable bonds is 2. The van der Waals surface area contributed by atoms with Gasteiger partial charge in [0.15, 0.2) is 0 Å². The van der Waals surface area contributed by atoms with Gasteiger partial charge in [-0.25, -0.2) is 0 Å². The summed E-state index contributed by atoms with van der Waals surface area (Å²) in [4.78, 5) is 13.8. The van der Waals surface area contributed by atoms with Crippen LogP contribution in [0, 0.1) is 5.92 Å². The minimum atomic E-state index is -0.650. The fraction of sp³-hybridized carbons (Fsp3) is 0.583. The van der Waals surface area contributed by atoms with Gasteiger partial charge in [-0.05, 0) is 41.7 Å². The third-order valence-electron chi connectivity index (χ3n) is 3.45. The molecule has 16 heavy (non-hydrogen) atoms. The van der Waals surface area contributed by atoms with Crippen molar-refractivity contribution in [3.05, 3.63) is 22.4 Å². The van der Waals surface area contributed by atoms with Crippen molar-refractivity contribution in [2.45, 2.75) is 24.9 Å². The van der Waals surface area contributed by atoms with Crippen molar-refractivity contribution in [2.75, 3.05) is 13.1 Å². The van der Waals surface area contributed by atoms with Gasteiger partial charge < -0.3 is 10.0 Å². The van der Waals surface area contributed by atoms with E-state index < -0.39 is 5.60 Å². The number of likely N-dealkylation sites (tertiary alicyclic amines) is 1. The smallest absolute Gasteiger partial charge is 0.226 e. The molecule has 3 nitrogen and oxygen atoms in total. The van der Waals surface area contributed by atoms with Crippen LogP contribution in [0.1, 0.15) is 24.8 Å². The molecule has 1 aromatic heterocycles. The van der Waals surface area contributed by atoms with Crippen molar-refractivity contribution in [1.82, 2.24) is 4.90 Å². The number of aliphatic hydroxyl groups is 1. The van der Waals surface area contributed by atoms with E-state index in [1.165, 1.54) is 5.56 Å². The monoisotopic (exact) mass is 237 g/mol. The van der Waals surface area contributed by atoms with E-state index in [2.05, 4.69) is 16.8 Å². The van der Waals surface area contributed by atoms with E-state index in [9.17, 15) is 9.90 Å². The molecule has 1 N–H and O–H groups in total. The summed E-state index contributed by atoms with van der Waals surface area (Å²) in [7, 11) is 0. The summed E-state index contributed by atoms with van der Waals surface area (Å²) < 4.78 is 0. The number of nitrogens with zero attached hydrogens (tertiary/aromatic N) is 1. The molecule has 1 amide bonds. The summed E-state index contributed by atoms with van der Waals surface area (Å²) in [5.74, 6) is 0.831. The highest BCUT2D eigenvalue weighted by Gasteiger charge is 2.50. The van der Waals surface area contributed by atoms with E-state index in [0.717, 1.165) is 6.42 Å². The highest BCUT2D eigenvalue weighted by atomic mass is 32.1. The Morgan fingerprint density at radius 3 is 2.94 bits per heavy atom. The van der Waals surface area contributed by atoms with Crippen LogP contribution in [0.25, 0.3) is 0 Å². The van der Waals surface area contributed by atoms with Crippen LogP contribution >= 0.6 is 11.3 Å². The summed E-state index contributed by atoms with van der Waals surface area (Å²) in [6, 6.07) is 2.11. The first-order chi connectivity index (χ1) is 7.57. The molecule has 0 unspecified atom stereocenters. The minimum absolute atomic E-state index is 0.172. The maximum atomic E-state index is 12.0. The Morgan fingerprint density at radius 2 is 2.38 bits per heavy atom. The van der Waals surface area contributed by atoms with Crippen LogP contribution in [0.15, 0.2) is 16.8 Å². The van der Waals surface area contributed by atoms with E-state index in [1.807, 2.05) is 0 Å². The van der Waals surface area contributed by atoms with E-state index in [0.29, 0.717) is 19.0 Å². The molecule has 1 aliphatic carbocycles. The van der Waals surface area contributed by atoms with Gasteiger partial charge in [-0.1, -0.05) is 0 Å². The van der Waals surface area contributed by atoms with Gasteiger partial charge in [0.05, 0.1) is 18.7 Å². The van der Waals surface area contributed by atoms with Crippen LogP contribution in [0.5, 0.6) is 0 Å². The Balaban J connectivity index is 1.59. The number of hydrogen-bond donors (Lipinski definition) is 1. The van der Waals surface area contributed by atoms with Crippen molar-refractivity contribution in [3.63, 3.8) is 0 Å². The third kappa shape index (κ3) is 1.66. The molecule has 2 heterocycles. The molecule has 1 aliphatic heterocycles. The van der Waals surface area contributed by atoms with E-state index in [-0.39, 0.29) is 11.8 Å². The number of carbonyl (C=O) groups excluding carboxylic acids is 1. The Hall–Kier alpha value is -0.870. The van der Waals surface area contributed by atoms with E-state index >= 15 is 0 Å². The van der Waals surface area contributed by atoms with Crippen molar-refractivity contribution in [1.29, 1.82) is 0 Å². The zero-order valence-electron chi connectivity index (χ0n) is 9.22. The minimum Gasteiger partial charge on any atom is -0.386 e. The number of hydrogen-bond acceptors (Lipinski definition) is 3. The van der Waals surface area contributed by atoms with Crippen LogP contribution in [-0.2, 0) is 4.79 Å². The zero-order valence-corrected chi connectivity index (χ0v) is 10.0. The van der Waals surface area contributed by atoms with Gasteiger partial charge in [-0.15, -0.1) is 0 Å². The molecule has 2 aliphatic rings. The third-order valence-corrected chi connectivity index (χ3v) is 4.16. The normalized spacial score (nSPS) is 31.0. The highest BCUT2D eigenvalue weighted by molar-refractivity contribution is 7.08. The first-order valence-electron chi connectivity index (χ1n) is 5.60. The maximum Gasteiger partial charge on any atom is 0.226 e. The molecular formula is C12H15NO2S. The Bertz CT molecular complexity index is 405. The zero-order chi connectivity index (χ0) is 11.3. The van der Waals surface area contributed by atoms with Gasteiger partial charge in [0.2, 0.25) is 5.91 Å². The molecule has 4 heteroatoms. The summed E-state index contributed by atoms with van der Waals surface area (Å²) in [6.45, 7) is 2.78. The fourth-order valence-corrected chi connectivity index (χ4v) is 3.21. The predicted octanol–water partition coefficient (Wildman–Crippen LogP) is 1.44. The van der Waals surface area contributed by atoms with Crippen molar-refractivity contribution >= 4 is 17.2 Å². The van der Waals surface area contributed by atoms with Gasteiger partial charge in [0.25, 0.3) is 0 Å². The first kappa shape index (κ1) is 10.3. The Morgan fingerprint density at radius 1 is 1.62 bits per heavy atom. The number of amides is 1. The molecule has 0 bridgehead atoms. The lowest BCUT2D eigenvalue weighted by molar-refractivity contribution is -0.153. The molecule has 2 atom stereocenters. The topological polar surface area (TPSA) is 40.5 Å². The van der Waals surface area contributed by atoms with E-state index in [1.54, 1.807) is 23.2 Å². The molecule has 0 radical (unpaired) electrons. The van der Waals surface area contributed by atoms with Crippen LogP contribution in [-0.4, -0.2) is 34.6 Å². The van der Waals surface area contributed by atoms with Crippen LogP contribution < -0.4 is 0 Å². The average molecular weight is 237 g/mol. The Labute approximate surface area is 98.7 Å². The molecule has 1 saturated carbocycles. The predicted molar refractivity (Wildman–Crippen MR) is 62.4 cm³/mol. The van der Waals surface area contributed by atoms with Crippen LogP contribution in [0.3, 0.4) is 0 Å². The highest BCUT2D eigenvalue weighted by Crippen LogP contribution is 2.49. The van der Waals surface area contributed by atoms with Gasteiger partial charge in [0, 0.05) is 5.92 Å². The summed E-state index contributed by atoms with van der Waals surface area (Å²) in [5.41, 5.74) is 0.651. The SMILES string of the molecule is CC1(O)CN(C(=O)[C@@H]2C[C@H]2c2ccsc2)C1.